The molecule has 0 unspecified atom stereocenters. The number of ether oxygens (including phenoxy) is 1. The highest BCUT2D eigenvalue weighted by molar-refractivity contribution is 7.11. The molecule has 30 heavy (non-hydrogen) atoms. The molecule has 2 amide bonds. The summed E-state index contributed by atoms with van der Waals surface area (Å²) in [6.45, 7) is 7.07. The van der Waals surface area contributed by atoms with Crippen molar-refractivity contribution < 1.29 is 14.3 Å². The van der Waals surface area contributed by atoms with Gasteiger partial charge in [0.15, 0.2) is 0 Å². The van der Waals surface area contributed by atoms with Gasteiger partial charge in [-0.3, -0.25) is 14.5 Å². The fraction of sp³-hybridized carbons (Fsp3) is 0.429. The molecule has 0 N–H and O–H groups in total. The van der Waals surface area contributed by atoms with Gasteiger partial charge >= 0.3 is 0 Å². The average molecular weight is 428 g/mol. The molecule has 0 atom stereocenters. The lowest BCUT2D eigenvalue weighted by Crippen LogP contribution is -2.48. The molecule has 1 saturated heterocycles. The summed E-state index contributed by atoms with van der Waals surface area (Å²) in [5.41, 5.74) is 1.00. The summed E-state index contributed by atoms with van der Waals surface area (Å²) in [6.07, 6.45) is 3.50. The number of piperazine rings is 1. The van der Waals surface area contributed by atoms with Gasteiger partial charge in [-0.15, -0.1) is 11.3 Å². The van der Waals surface area contributed by atoms with Crippen molar-refractivity contribution in [1.29, 1.82) is 0 Å². The Hall–Kier alpha value is -2.78. The van der Waals surface area contributed by atoms with Gasteiger partial charge in [0.1, 0.15) is 5.70 Å². The summed E-state index contributed by atoms with van der Waals surface area (Å²) in [5.74, 6) is 0.213. The Morgan fingerprint density at radius 1 is 1.03 bits per heavy atom. The van der Waals surface area contributed by atoms with Crippen LogP contribution in [0, 0.1) is 0 Å². The molecule has 0 saturated carbocycles. The highest BCUT2D eigenvalue weighted by Gasteiger charge is 2.42. The lowest BCUT2D eigenvalue weighted by atomic mass is 10.1. The van der Waals surface area contributed by atoms with Crippen molar-refractivity contribution in [2.75, 3.05) is 44.2 Å². The van der Waals surface area contributed by atoms with Crippen molar-refractivity contribution in [3.8, 4) is 0 Å². The Kier molecular flexibility index (Phi) is 6.10. The van der Waals surface area contributed by atoms with E-state index < -0.39 is 0 Å². The van der Waals surface area contributed by atoms with Crippen molar-refractivity contribution in [2.24, 2.45) is 0 Å². The molecule has 2 aromatic rings. The van der Waals surface area contributed by atoms with E-state index in [1.165, 1.54) is 16.2 Å². The Morgan fingerprint density at radius 2 is 1.73 bits per heavy atom. The summed E-state index contributed by atoms with van der Waals surface area (Å²) in [5, 5.41) is 1.92. The first-order valence-corrected chi connectivity index (χ1v) is 11.0. The van der Waals surface area contributed by atoms with Gasteiger partial charge in [0.2, 0.25) is 5.95 Å². The number of thiophene rings is 1. The average Bonchev–Trinajstić information content (AvgIpc) is 3.36. The first kappa shape index (κ1) is 20.5. The van der Waals surface area contributed by atoms with Crippen molar-refractivity contribution in [3.63, 3.8) is 0 Å². The summed E-state index contributed by atoms with van der Waals surface area (Å²) in [7, 11) is 0. The van der Waals surface area contributed by atoms with Crippen LogP contribution < -0.4 is 4.90 Å². The van der Waals surface area contributed by atoms with Crippen LogP contribution in [0.1, 0.15) is 18.7 Å². The van der Waals surface area contributed by atoms with Gasteiger partial charge in [-0.1, -0.05) is 6.07 Å². The van der Waals surface area contributed by atoms with Gasteiger partial charge in [0.05, 0.1) is 24.8 Å². The predicted molar refractivity (Wildman–Crippen MR) is 115 cm³/mol. The minimum Gasteiger partial charge on any atom is -0.377 e. The van der Waals surface area contributed by atoms with E-state index in [9.17, 15) is 9.59 Å². The molecule has 1 fully saturated rings. The lowest BCUT2D eigenvalue weighted by molar-refractivity contribution is -0.138. The number of rotatable bonds is 7. The first-order chi connectivity index (χ1) is 14.6. The molecule has 8 nitrogen and oxygen atoms in total. The number of carbonyl (C=O) groups excluding carboxylic acids is 2. The van der Waals surface area contributed by atoms with E-state index in [-0.39, 0.29) is 24.5 Å². The number of aromatic nitrogens is 2. The molecule has 2 aromatic heterocycles. The fourth-order valence-electron chi connectivity index (χ4n) is 3.67. The highest BCUT2D eigenvalue weighted by Crippen LogP contribution is 2.34. The molecule has 0 aromatic carbocycles. The Labute approximate surface area is 179 Å². The van der Waals surface area contributed by atoms with Crippen LogP contribution in [0.15, 0.2) is 41.7 Å². The molecule has 9 heteroatoms. The van der Waals surface area contributed by atoms with Crippen molar-refractivity contribution in [3.05, 3.63) is 46.5 Å². The summed E-state index contributed by atoms with van der Waals surface area (Å²) in [6, 6.07) is 5.59. The third-order valence-corrected chi connectivity index (χ3v) is 6.00. The van der Waals surface area contributed by atoms with E-state index >= 15 is 0 Å². The van der Waals surface area contributed by atoms with E-state index in [0.29, 0.717) is 50.0 Å². The maximum atomic E-state index is 13.3. The smallest absolute Gasteiger partial charge is 0.277 e. The molecule has 0 aliphatic carbocycles. The molecular weight excluding hydrogens is 402 g/mol. The van der Waals surface area contributed by atoms with E-state index in [1.807, 2.05) is 36.3 Å². The van der Waals surface area contributed by atoms with Gasteiger partial charge in [0.25, 0.3) is 11.8 Å². The Balaban J connectivity index is 1.54. The van der Waals surface area contributed by atoms with Crippen LogP contribution in [0.2, 0.25) is 0 Å². The van der Waals surface area contributed by atoms with Crippen LogP contribution in [0.25, 0.3) is 5.57 Å². The lowest BCUT2D eigenvalue weighted by Gasteiger charge is -2.36. The van der Waals surface area contributed by atoms with E-state index in [0.717, 1.165) is 4.88 Å². The number of nitrogens with zero attached hydrogens (tertiary/aromatic N) is 5. The number of amides is 2. The second kappa shape index (κ2) is 8.93. The third-order valence-electron chi connectivity index (χ3n) is 5.11. The van der Waals surface area contributed by atoms with Crippen LogP contribution in [0.5, 0.6) is 0 Å². The van der Waals surface area contributed by atoms with Crippen molar-refractivity contribution >= 4 is 34.7 Å². The zero-order valence-electron chi connectivity index (χ0n) is 17.2. The SMILES string of the molecule is CC(C)OCCN1C(=O)C(c2cccs2)=C(N2CCN(c3ncccn3)CC2)C1=O. The monoisotopic (exact) mass is 427 g/mol. The minimum absolute atomic E-state index is 0.0512. The summed E-state index contributed by atoms with van der Waals surface area (Å²) >= 11 is 1.48. The van der Waals surface area contributed by atoms with Gasteiger partial charge in [-0.05, 0) is 31.4 Å². The highest BCUT2D eigenvalue weighted by atomic mass is 32.1. The number of anilines is 1. The van der Waals surface area contributed by atoms with Gasteiger partial charge in [-0.25, -0.2) is 9.97 Å². The van der Waals surface area contributed by atoms with Crippen LogP contribution in [0.3, 0.4) is 0 Å². The van der Waals surface area contributed by atoms with Crippen molar-refractivity contribution in [1.82, 2.24) is 19.8 Å². The number of carbonyl (C=O) groups is 2. The Morgan fingerprint density at radius 3 is 2.37 bits per heavy atom. The number of imide groups is 1. The van der Waals surface area contributed by atoms with Gasteiger partial charge in [0, 0.05) is 43.4 Å². The van der Waals surface area contributed by atoms with Gasteiger partial charge in [-0.2, -0.15) is 0 Å². The molecule has 4 heterocycles. The normalized spacial score (nSPS) is 17.6. The van der Waals surface area contributed by atoms with Crippen LogP contribution >= 0.6 is 11.3 Å². The van der Waals surface area contributed by atoms with Crippen LogP contribution in [0.4, 0.5) is 5.95 Å². The summed E-state index contributed by atoms with van der Waals surface area (Å²) < 4.78 is 5.57. The molecule has 158 valence electrons. The summed E-state index contributed by atoms with van der Waals surface area (Å²) in [4.78, 5) is 41.3. The Bertz CT molecular complexity index is 921. The predicted octanol–water partition coefficient (Wildman–Crippen LogP) is 1.87. The van der Waals surface area contributed by atoms with E-state index in [1.54, 1.807) is 18.5 Å². The largest absolute Gasteiger partial charge is 0.377 e. The molecular formula is C21H25N5O3S. The molecule has 2 aliphatic heterocycles. The van der Waals surface area contributed by atoms with Crippen molar-refractivity contribution in [2.45, 2.75) is 20.0 Å². The molecule has 4 rings (SSSR count). The topological polar surface area (TPSA) is 78.9 Å². The number of hydrogen-bond donors (Lipinski definition) is 0. The van der Waals surface area contributed by atoms with Crippen LogP contribution in [-0.4, -0.2) is 77.0 Å². The molecule has 2 aliphatic rings. The zero-order chi connectivity index (χ0) is 21.1. The molecule has 0 radical (unpaired) electrons. The molecule has 0 bridgehead atoms. The third kappa shape index (κ3) is 4.08. The number of hydrogen-bond acceptors (Lipinski definition) is 8. The minimum atomic E-state index is -0.237. The van der Waals surface area contributed by atoms with Crippen LogP contribution in [-0.2, 0) is 14.3 Å². The zero-order valence-corrected chi connectivity index (χ0v) is 18.0. The van der Waals surface area contributed by atoms with E-state index in [2.05, 4.69) is 14.9 Å². The maximum Gasteiger partial charge on any atom is 0.277 e. The maximum absolute atomic E-state index is 13.3. The molecule has 0 spiro atoms. The standard InChI is InChI=1S/C21H25N5O3S/c1-15(2)29-13-12-26-19(27)17(16-5-3-14-30-16)18(20(26)28)24-8-10-25(11-9-24)21-22-6-4-7-23-21/h3-7,14-15H,8-13H2,1-2H3. The quantitative estimate of drug-likeness (QED) is 0.624. The van der Waals surface area contributed by atoms with Gasteiger partial charge < -0.3 is 14.5 Å². The van der Waals surface area contributed by atoms with E-state index in [4.69, 9.17) is 4.74 Å². The second-order valence-corrected chi connectivity index (χ2v) is 8.35. The first-order valence-electron chi connectivity index (χ1n) is 10.1. The second-order valence-electron chi connectivity index (χ2n) is 7.41. The fourth-order valence-corrected chi connectivity index (χ4v) is 4.43.